The van der Waals surface area contributed by atoms with Gasteiger partial charge in [0, 0.05) is 22.6 Å². The first-order chi connectivity index (χ1) is 9.13. The van der Waals surface area contributed by atoms with Crippen molar-refractivity contribution in [2.75, 3.05) is 0 Å². The Balaban J connectivity index is 2.41. The lowest BCUT2D eigenvalue weighted by atomic mass is 9.95. The van der Waals surface area contributed by atoms with E-state index in [1.165, 1.54) is 0 Å². The van der Waals surface area contributed by atoms with Crippen LogP contribution in [0.5, 0.6) is 5.75 Å². The summed E-state index contributed by atoms with van der Waals surface area (Å²) >= 11 is 0. The average Bonchev–Trinajstić information content (AvgIpc) is 2.47. The van der Waals surface area contributed by atoms with Gasteiger partial charge in [0.2, 0.25) is 0 Å². The summed E-state index contributed by atoms with van der Waals surface area (Å²) in [6, 6.07) is 14.0. The van der Waals surface area contributed by atoms with Crippen LogP contribution in [0.2, 0.25) is 0 Å². The third-order valence-electron chi connectivity index (χ3n) is 3.17. The van der Waals surface area contributed by atoms with Gasteiger partial charge in [-0.05, 0) is 18.2 Å². The fourth-order valence-corrected chi connectivity index (χ4v) is 1.94. The summed E-state index contributed by atoms with van der Waals surface area (Å²) in [5.41, 5.74) is 1.94. The SMILES string of the molecule is C=C[C@H](C)c1cc(C(=O)c2ccccc2)ccc1O. The predicted octanol–water partition coefficient (Wildman–Crippen LogP) is 3.91. The van der Waals surface area contributed by atoms with Crippen molar-refractivity contribution in [3.8, 4) is 5.75 Å². The van der Waals surface area contributed by atoms with Crippen LogP contribution in [0.4, 0.5) is 0 Å². The zero-order chi connectivity index (χ0) is 13.8. The first-order valence-corrected chi connectivity index (χ1v) is 6.18. The maximum absolute atomic E-state index is 12.3. The van der Waals surface area contributed by atoms with Gasteiger partial charge in [0.15, 0.2) is 5.78 Å². The van der Waals surface area contributed by atoms with Crippen molar-refractivity contribution in [1.82, 2.24) is 0 Å². The summed E-state index contributed by atoms with van der Waals surface area (Å²) in [5, 5.41) is 9.83. The van der Waals surface area contributed by atoms with Crippen molar-refractivity contribution in [2.24, 2.45) is 0 Å². The Morgan fingerprint density at radius 2 is 1.84 bits per heavy atom. The van der Waals surface area contributed by atoms with Crippen molar-refractivity contribution < 1.29 is 9.90 Å². The second kappa shape index (κ2) is 5.53. The molecule has 1 N–H and O–H groups in total. The van der Waals surface area contributed by atoms with Gasteiger partial charge >= 0.3 is 0 Å². The molecule has 0 heterocycles. The van der Waals surface area contributed by atoms with Gasteiger partial charge in [0.25, 0.3) is 0 Å². The Kier molecular flexibility index (Phi) is 3.81. The number of phenols is 1. The number of ketones is 1. The molecule has 96 valence electrons. The summed E-state index contributed by atoms with van der Waals surface area (Å²) in [6.45, 7) is 5.64. The van der Waals surface area contributed by atoms with Gasteiger partial charge < -0.3 is 5.11 Å². The highest BCUT2D eigenvalue weighted by molar-refractivity contribution is 6.09. The quantitative estimate of drug-likeness (QED) is 0.661. The Bertz CT molecular complexity index is 600. The van der Waals surface area contributed by atoms with Crippen LogP contribution in [-0.2, 0) is 0 Å². The molecule has 2 aromatic carbocycles. The van der Waals surface area contributed by atoms with Crippen molar-refractivity contribution in [3.63, 3.8) is 0 Å². The molecular weight excluding hydrogens is 236 g/mol. The maximum Gasteiger partial charge on any atom is 0.193 e. The lowest BCUT2D eigenvalue weighted by Gasteiger charge is -2.11. The zero-order valence-electron chi connectivity index (χ0n) is 10.8. The molecule has 0 aromatic heterocycles. The zero-order valence-corrected chi connectivity index (χ0v) is 10.8. The fraction of sp³-hybridized carbons (Fsp3) is 0.118. The van der Waals surface area contributed by atoms with Gasteiger partial charge in [0.05, 0.1) is 0 Å². The van der Waals surface area contributed by atoms with Crippen LogP contribution in [-0.4, -0.2) is 10.9 Å². The monoisotopic (exact) mass is 252 g/mol. The van der Waals surface area contributed by atoms with E-state index in [1.807, 2.05) is 25.1 Å². The van der Waals surface area contributed by atoms with Gasteiger partial charge in [-0.25, -0.2) is 0 Å². The maximum atomic E-state index is 12.3. The molecule has 2 aromatic rings. The number of rotatable bonds is 4. The number of carbonyl (C=O) groups excluding carboxylic acids is 1. The van der Waals surface area contributed by atoms with Crippen molar-refractivity contribution in [3.05, 3.63) is 77.9 Å². The lowest BCUT2D eigenvalue weighted by Crippen LogP contribution is -2.02. The van der Waals surface area contributed by atoms with Gasteiger partial charge in [-0.2, -0.15) is 0 Å². The molecule has 0 aliphatic heterocycles. The first-order valence-electron chi connectivity index (χ1n) is 6.18. The van der Waals surface area contributed by atoms with E-state index in [-0.39, 0.29) is 17.5 Å². The minimum absolute atomic E-state index is 0.00326. The lowest BCUT2D eigenvalue weighted by molar-refractivity contribution is 0.103. The van der Waals surface area contributed by atoms with E-state index in [9.17, 15) is 9.90 Å². The van der Waals surface area contributed by atoms with Gasteiger partial charge in [-0.15, -0.1) is 6.58 Å². The minimum atomic E-state index is -0.0434. The third kappa shape index (κ3) is 2.74. The second-order valence-corrected chi connectivity index (χ2v) is 4.49. The van der Waals surface area contributed by atoms with Crippen LogP contribution >= 0.6 is 0 Å². The number of hydrogen-bond donors (Lipinski definition) is 1. The highest BCUT2D eigenvalue weighted by atomic mass is 16.3. The topological polar surface area (TPSA) is 37.3 Å². The highest BCUT2D eigenvalue weighted by Gasteiger charge is 2.13. The standard InChI is InChI=1S/C17H16O2/c1-3-12(2)15-11-14(9-10-16(15)18)17(19)13-7-5-4-6-8-13/h3-12,18H,1H2,2H3/t12-/m0/s1. The van der Waals surface area contributed by atoms with Crippen LogP contribution in [0.25, 0.3) is 0 Å². The number of aromatic hydroxyl groups is 1. The Morgan fingerprint density at radius 1 is 1.16 bits per heavy atom. The van der Waals surface area contributed by atoms with E-state index in [0.29, 0.717) is 11.1 Å². The van der Waals surface area contributed by atoms with Gasteiger partial charge in [-0.3, -0.25) is 4.79 Å². The van der Waals surface area contributed by atoms with Gasteiger partial charge in [-0.1, -0.05) is 43.3 Å². The number of phenolic OH excluding ortho intramolecular Hbond substituents is 1. The Hall–Kier alpha value is -2.35. The molecule has 0 radical (unpaired) electrons. The average molecular weight is 252 g/mol. The van der Waals surface area contributed by atoms with E-state index in [4.69, 9.17) is 0 Å². The molecule has 0 amide bonds. The third-order valence-corrected chi connectivity index (χ3v) is 3.17. The number of hydrogen-bond acceptors (Lipinski definition) is 2. The normalized spacial score (nSPS) is 11.8. The molecule has 0 spiro atoms. The van der Waals surface area contributed by atoms with Crippen molar-refractivity contribution in [1.29, 1.82) is 0 Å². The van der Waals surface area contributed by atoms with Crippen LogP contribution < -0.4 is 0 Å². The van der Waals surface area contributed by atoms with Gasteiger partial charge in [0.1, 0.15) is 5.75 Å². The van der Waals surface area contributed by atoms with E-state index >= 15 is 0 Å². The smallest absolute Gasteiger partial charge is 0.193 e. The predicted molar refractivity (Wildman–Crippen MR) is 76.6 cm³/mol. The molecule has 0 aliphatic carbocycles. The van der Waals surface area contributed by atoms with Crippen LogP contribution in [0, 0.1) is 0 Å². The second-order valence-electron chi connectivity index (χ2n) is 4.49. The molecule has 19 heavy (non-hydrogen) atoms. The summed E-state index contributed by atoms with van der Waals surface area (Å²) < 4.78 is 0. The molecular formula is C17H16O2. The Morgan fingerprint density at radius 3 is 2.47 bits per heavy atom. The molecule has 1 atom stereocenters. The highest BCUT2D eigenvalue weighted by Crippen LogP contribution is 2.28. The summed E-state index contributed by atoms with van der Waals surface area (Å²) in [5.74, 6) is 0.152. The van der Waals surface area contributed by atoms with Crippen LogP contribution in [0.1, 0.15) is 34.3 Å². The molecule has 0 fully saturated rings. The molecule has 0 saturated heterocycles. The van der Waals surface area contributed by atoms with Crippen molar-refractivity contribution >= 4 is 5.78 Å². The molecule has 0 aliphatic rings. The number of benzene rings is 2. The summed E-state index contributed by atoms with van der Waals surface area (Å²) in [7, 11) is 0. The summed E-state index contributed by atoms with van der Waals surface area (Å²) in [6.07, 6.45) is 1.74. The summed E-state index contributed by atoms with van der Waals surface area (Å²) in [4.78, 5) is 12.3. The first kappa shape index (κ1) is 13.1. The largest absolute Gasteiger partial charge is 0.508 e. The van der Waals surface area contributed by atoms with E-state index in [2.05, 4.69) is 6.58 Å². The molecule has 2 heteroatoms. The number of carbonyl (C=O) groups is 1. The minimum Gasteiger partial charge on any atom is -0.508 e. The molecule has 2 nitrogen and oxygen atoms in total. The number of allylic oxidation sites excluding steroid dienone is 1. The Labute approximate surface area is 113 Å². The molecule has 0 bridgehead atoms. The fourth-order valence-electron chi connectivity index (χ4n) is 1.94. The molecule has 0 unspecified atom stereocenters. The van der Waals surface area contributed by atoms with Crippen molar-refractivity contribution in [2.45, 2.75) is 12.8 Å². The van der Waals surface area contributed by atoms with E-state index in [1.54, 1.807) is 36.4 Å². The van der Waals surface area contributed by atoms with E-state index in [0.717, 1.165) is 5.56 Å². The van der Waals surface area contributed by atoms with Crippen LogP contribution in [0.15, 0.2) is 61.2 Å². The van der Waals surface area contributed by atoms with Crippen LogP contribution in [0.3, 0.4) is 0 Å². The molecule has 0 saturated carbocycles. The molecule has 2 rings (SSSR count). The van der Waals surface area contributed by atoms with E-state index < -0.39 is 0 Å².